The quantitative estimate of drug-likeness (QED) is 0.774. The Bertz CT molecular complexity index is 259. The van der Waals surface area contributed by atoms with E-state index in [1.807, 2.05) is 6.92 Å². The zero-order valence-corrected chi connectivity index (χ0v) is 10.5. The van der Waals surface area contributed by atoms with Gasteiger partial charge >= 0.3 is 0 Å². The van der Waals surface area contributed by atoms with Crippen LogP contribution < -0.4 is 5.32 Å². The number of carbonyl (C=O) groups excluding carboxylic acids is 1. The fourth-order valence-electron chi connectivity index (χ4n) is 2.55. The third-order valence-electron chi connectivity index (χ3n) is 3.57. The van der Waals surface area contributed by atoms with Gasteiger partial charge in [0.2, 0.25) is 5.91 Å². The minimum absolute atomic E-state index is 0.0578. The monoisotopic (exact) mass is 245 g/mol. The van der Waals surface area contributed by atoms with Crippen molar-refractivity contribution in [3.05, 3.63) is 0 Å². The van der Waals surface area contributed by atoms with Gasteiger partial charge in [-0.15, -0.1) is 11.6 Å². The maximum absolute atomic E-state index is 11.8. The lowest BCUT2D eigenvalue weighted by atomic mass is 10.1. The second-order valence-electron chi connectivity index (χ2n) is 5.03. The first kappa shape index (κ1) is 12.2. The zero-order chi connectivity index (χ0) is 11.5. The van der Waals surface area contributed by atoms with Gasteiger partial charge in [-0.1, -0.05) is 0 Å². The molecule has 1 heterocycles. The molecule has 0 spiro atoms. The van der Waals surface area contributed by atoms with Gasteiger partial charge in [0.1, 0.15) is 6.10 Å². The Labute approximate surface area is 102 Å². The maximum Gasteiger partial charge on any atom is 0.249 e. The second-order valence-corrected chi connectivity index (χ2v) is 5.65. The first-order chi connectivity index (χ1) is 7.65. The van der Waals surface area contributed by atoms with Crippen LogP contribution in [0.4, 0.5) is 0 Å². The minimum atomic E-state index is -0.219. The molecule has 0 bridgehead atoms. The van der Waals surface area contributed by atoms with E-state index in [1.54, 1.807) is 0 Å². The minimum Gasteiger partial charge on any atom is -0.365 e. The molecule has 4 unspecified atom stereocenters. The van der Waals surface area contributed by atoms with E-state index in [9.17, 15) is 4.79 Å². The van der Waals surface area contributed by atoms with E-state index in [1.165, 1.54) is 0 Å². The third-order valence-corrected chi connectivity index (χ3v) is 3.96. The highest BCUT2D eigenvalue weighted by atomic mass is 35.5. The highest BCUT2D eigenvalue weighted by Gasteiger charge is 2.29. The number of alkyl halides is 1. The van der Waals surface area contributed by atoms with Crippen LogP contribution in [0, 0.1) is 5.92 Å². The lowest BCUT2D eigenvalue weighted by Gasteiger charge is -2.14. The molecule has 0 aromatic heterocycles. The third kappa shape index (κ3) is 3.11. The molecule has 2 fully saturated rings. The Morgan fingerprint density at radius 2 is 2.19 bits per heavy atom. The largest absolute Gasteiger partial charge is 0.365 e. The number of amides is 1. The first-order valence-corrected chi connectivity index (χ1v) is 6.66. The van der Waals surface area contributed by atoms with Crippen LogP contribution in [-0.2, 0) is 9.53 Å². The number of nitrogens with one attached hydrogen (secondary N) is 1. The molecule has 2 aliphatic rings. The normalized spacial score (nSPS) is 38.9. The molecule has 1 saturated carbocycles. The molecule has 0 radical (unpaired) electrons. The summed E-state index contributed by atoms with van der Waals surface area (Å²) in [4.78, 5) is 11.8. The number of rotatable bonds is 3. The van der Waals surface area contributed by atoms with Crippen LogP contribution in [0.1, 0.15) is 39.0 Å². The first-order valence-electron chi connectivity index (χ1n) is 6.22. The summed E-state index contributed by atoms with van der Waals surface area (Å²) in [6.07, 6.45) is 5.11. The van der Waals surface area contributed by atoms with E-state index < -0.39 is 0 Å². The van der Waals surface area contributed by atoms with Crippen LogP contribution in [0.15, 0.2) is 0 Å². The summed E-state index contributed by atoms with van der Waals surface area (Å²) in [5, 5.41) is 3.29. The fourth-order valence-corrected chi connectivity index (χ4v) is 2.93. The molecular weight excluding hydrogens is 226 g/mol. The molecular formula is C12H20ClNO2. The molecule has 4 atom stereocenters. The number of ether oxygens (including phenoxy) is 1. The Morgan fingerprint density at radius 1 is 1.38 bits per heavy atom. The van der Waals surface area contributed by atoms with Crippen molar-refractivity contribution < 1.29 is 9.53 Å². The highest BCUT2D eigenvalue weighted by Crippen LogP contribution is 2.28. The van der Waals surface area contributed by atoms with Crippen molar-refractivity contribution in [2.45, 2.75) is 56.6 Å². The van der Waals surface area contributed by atoms with E-state index in [2.05, 4.69) is 5.32 Å². The lowest BCUT2D eigenvalue weighted by Crippen LogP contribution is -2.37. The molecule has 1 aliphatic heterocycles. The van der Waals surface area contributed by atoms with Crippen LogP contribution in [0.5, 0.6) is 0 Å². The van der Waals surface area contributed by atoms with Gasteiger partial charge in [0.25, 0.3) is 0 Å². The van der Waals surface area contributed by atoms with Crippen molar-refractivity contribution in [3.8, 4) is 0 Å². The number of hydrogen-bond acceptors (Lipinski definition) is 2. The summed E-state index contributed by atoms with van der Waals surface area (Å²) in [6.45, 7) is 2.78. The number of hydrogen-bond donors (Lipinski definition) is 1. The van der Waals surface area contributed by atoms with Gasteiger partial charge in [0.15, 0.2) is 0 Å². The molecule has 16 heavy (non-hydrogen) atoms. The predicted molar refractivity (Wildman–Crippen MR) is 63.6 cm³/mol. The summed E-state index contributed by atoms with van der Waals surface area (Å²) in [7, 11) is 0. The molecule has 1 amide bonds. The van der Waals surface area contributed by atoms with E-state index in [-0.39, 0.29) is 18.1 Å². The average Bonchev–Trinajstić information content (AvgIpc) is 2.84. The summed E-state index contributed by atoms with van der Waals surface area (Å²) in [6, 6.07) is 0. The van der Waals surface area contributed by atoms with Gasteiger partial charge in [-0.2, -0.15) is 0 Å². The van der Waals surface area contributed by atoms with E-state index in [0.29, 0.717) is 11.3 Å². The van der Waals surface area contributed by atoms with E-state index >= 15 is 0 Å². The van der Waals surface area contributed by atoms with E-state index in [4.69, 9.17) is 16.3 Å². The van der Waals surface area contributed by atoms with Crippen molar-refractivity contribution >= 4 is 17.5 Å². The summed E-state index contributed by atoms with van der Waals surface area (Å²) in [5.41, 5.74) is 0. The lowest BCUT2D eigenvalue weighted by molar-refractivity contribution is -0.131. The average molecular weight is 246 g/mol. The Hall–Kier alpha value is -0.280. The van der Waals surface area contributed by atoms with E-state index in [0.717, 1.165) is 38.6 Å². The van der Waals surface area contributed by atoms with Crippen molar-refractivity contribution in [2.75, 3.05) is 6.54 Å². The molecule has 0 aromatic rings. The van der Waals surface area contributed by atoms with Crippen LogP contribution in [-0.4, -0.2) is 30.0 Å². The molecule has 92 valence electrons. The van der Waals surface area contributed by atoms with Crippen LogP contribution >= 0.6 is 11.6 Å². The highest BCUT2D eigenvalue weighted by molar-refractivity contribution is 6.20. The molecule has 1 saturated heterocycles. The van der Waals surface area contributed by atoms with Crippen molar-refractivity contribution in [1.82, 2.24) is 5.32 Å². The predicted octanol–water partition coefficient (Wildman–Crippen LogP) is 2.08. The Kier molecular flexibility index (Phi) is 4.09. The van der Waals surface area contributed by atoms with Crippen molar-refractivity contribution in [2.24, 2.45) is 5.92 Å². The van der Waals surface area contributed by atoms with Gasteiger partial charge in [0, 0.05) is 11.9 Å². The van der Waals surface area contributed by atoms with Gasteiger partial charge in [-0.25, -0.2) is 0 Å². The van der Waals surface area contributed by atoms with Gasteiger partial charge in [-0.05, 0) is 44.9 Å². The van der Waals surface area contributed by atoms with Gasteiger partial charge < -0.3 is 10.1 Å². The Balaban J connectivity index is 1.68. The fraction of sp³-hybridized carbons (Fsp3) is 0.917. The molecule has 2 rings (SSSR count). The number of halogens is 1. The van der Waals surface area contributed by atoms with Crippen molar-refractivity contribution in [1.29, 1.82) is 0 Å². The van der Waals surface area contributed by atoms with Crippen LogP contribution in [0.3, 0.4) is 0 Å². The molecule has 4 heteroatoms. The van der Waals surface area contributed by atoms with Crippen LogP contribution in [0.25, 0.3) is 0 Å². The van der Waals surface area contributed by atoms with Gasteiger partial charge in [-0.3, -0.25) is 4.79 Å². The van der Waals surface area contributed by atoms with Crippen LogP contribution in [0.2, 0.25) is 0 Å². The van der Waals surface area contributed by atoms with Crippen molar-refractivity contribution in [3.63, 3.8) is 0 Å². The molecule has 3 nitrogen and oxygen atoms in total. The maximum atomic E-state index is 11.8. The summed E-state index contributed by atoms with van der Waals surface area (Å²) in [5.74, 6) is 0.618. The molecule has 0 aromatic carbocycles. The number of carbonyl (C=O) groups is 1. The molecule has 1 aliphatic carbocycles. The smallest absolute Gasteiger partial charge is 0.249 e. The Morgan fingerprint density at radius 3 is 2.75 bits per heavy atom. The second kappa shape index (κ2) is 5.37. The summed E-state index contributed by atoms with van der Waals surface area (Å²) < 4.78 is 5.52. The van der Waals surface area contributed by atoms with Gasteiger partial charge in [0.05, 0.1) is 6.10 Å². The SMILES string of the molecule is CC1CCC(C(=O)NCC2CCC(Cl)C2)O1. The zero-order valence-electron chi connectivity index (χ0n) is 9.75. The topological polar surface area (TPSA) is 38.3 Å². The summed E-state index contributed by atoms with van der Waals surface area (Å²) >= 11 is 6.03. The standard InChI is InChI=1S/C12H20ClNO2/c1-8-2-5-11(16-8)12(15)14-7-9-3-4-10(13)6-9/h8-11H,2-7H2,1H3,(H,14,15). The molecule has 1 N–H and O–H groups in total.